The number of rotatable bonds is 5. The molecule has 1 saturated heterocycles. The van der Waals surface area contributed by atoms with E-state index in [1.54, 1.807) is 0 Å². The highest BCUT2D eigenvalue weighted by molar-refractivity contribution is 5.85. The Labute approximate surface area is 121 Å². The molecule has 1 aromatic carbocycles. The normalized spacial score (nSPS) is 15.6. The molecule has 106 valence electrons. The monoisotopic (exact) mass is 282 g/mol. The van der Waals surface area contributed by atoms with Gasteiger partial charge in [-0.1, -0.05) is 30.3 Å². The Bertz CT molecular complexity index is 364. The van der Waals surface area contributed by atoms with Gasteiger partial charge in [0.15, 0.2) is 0 Å². The van der Waals surface area contributed by atoms with Crippen LogP contribution in [0.1, 0.15) is 31.2 Å². The van der Waals surface area contributed by atoms with Gasteiger partial charge in [-0.05, 0) is 44.3 Å². The largest absolute Gasteiger partial charge is 0.353 e. The van der Waals surface area contributed by atoms with Crippen molar-refractivity contribution in [3.05, 3.63) is 35.9 Å². The number of piperidine rings is 1. The molecule has 2 rings (SSSR count). The molecule has 19 heavy (non-hydrogen) atoms. The molecule has 1 amide bonds. The summed E-state index contributed by atoms with van der Waals surface area (Å²) in [5.41, 5.74) is 1.31. The summed E-state index contributed by atoms with van der Waals surface area (Å²) in [6, 6.07) is 10.7. The van der Waals surface area contributed by atoms with E-state index in [1.807, 2.05) is 18.2 Å². The van der Waals surface area contributed by atoms with E-state index in [9.17, 15) is 4.79 Å². The smallest absolute Gasteiger partial charge is 0.220 e. The van der Waals surface area contributed by atoms with E-state index in [2.05, 4.69) is 22.8 Å². The van der Waals surface area contributed by atoms with E-state index in [0.29, 0.717) is 12.5 Å². The molecular formula is C15H23ClN2O. The van der Waals surface area contributed by atoms with Gasteiger partial charge >= 0.3 is 0 Å². The fraction of sp³-hybridized carbons (Fsp3) is 0.533. The first-order chi connectivity index (χ1) is 8.84. The molecule has 1 aliphatic heterocycles. The van der Waals surface area contributed by atoms with Crippen molar-refractivity contribution in [3.63, 3.8) is 0 Å². The van der Waals surface area contributed by atoms with Gasteiger partial charge in [0, 0.05) is 12.5 Å². The summed E-state index contributed by atoms with van der Waals surface area (Å²) in [5, 5.41) is 6.43. The third-order valence-electron chi connectivity index (χ3n) is 3.42. The second-order valence-electron chi connectivity index (χ2n) is 4.93. The lowest BCUT2D eigenvalue weighted by Gasteiger charge is -2.23. The van der Waals surface area contributed by atoms with Crippen molar-refractivity contribution < 1.29 is 4.79 Å². The van der Waals surface area contributed by atoms with Gasteiger partial charge in [0.1, 0.15) is 0 Å². The number of nitrogens with one attached hydrogen (secondary N) is 2. The molecule has 1 aliphatic rings. The molecule has 0 saturated carbocycles. The Morgan fingerprint density at radius 2 is 1.89 bits per heavy atom. The number of benzene rings is 1. The minimum Gasteiger partial charge on any atom is -0.353 e. The maximum absolute atomic E-state index is 11.8. The zero-order chi connectivity index (χ0) is 12.6. The predicted octanol–water partition coefficient (Wildman–Crippen LogP) is 2.30. The minimum atomic E-state index is 0. The zero-order valence-electron chi connectivity index (χ0n) is 11.2. The molecule has 0 aromatic heterocycles. The van der Waals surface area contributed by atoms with E-state index < -0.39 is 0 Å². The van der Waals surface area contributed by atoms with E-state index >= 15 is 0 Å². The summed E-state index contributed by atoms with van der Waals surface area (Å²) in [5.74, 6) is 0.206. The second kappa shape index (κ2) is 8.94. The standard InChI is InChI=1S/C15H22N2O.ClH/c18-15(17-14-9-11-16-12-10-14)8-4-7-13-5-2-1-3-6-13;/h1-3,5-6,14,16H,4,7-12H2,(H,17,18);1H. The van der Waals surface area contributed by atoms with E-state index in [-0.39, 0.29) is 18.3 Å². The molecular weight excluding hydrogens is 260 g/mol. The molecule has 2 N–H and O–H groups in total. The molecule has 1 aromatic rings. The number of hydrogen-bond acceptors (Lipinski definition) is 2. The van der Waals surface area contributed by atoms with Crippen molar-refractivity contribution in [2.45, 2.75) is 38.1 Å². The van der Waals surface area contributed by atoms with Gasteiger partial charge in [-0.2, -0.15) is 0 Å². The lowest BCUT2D eigenvalue weighted by molar-refractivity contribution is -0.122. The van der Waals surface area contributed by atoms with Crippen LogP contribution in [0.4, 0.5) is 0 Å². The molecule has 0 bridgehead atoms. The molecule has 0 radical (unpaired) electrons. The SMILES string of the molecule is Cl.O=C(CCCc1ccccc1)NC1CCNCC1. The average Bonchev–Trinajstić information content (AvgIpc) is 2.41. The van der Waals surface area contributed by atoms with E-state index in [1.165, 1.54) is 5.56 Å². The first-order valence-corrected chi connectivity index (χ1v) is 6.88. The van der Waals surface area contributed by atoms with Gasteiger partial charge in [-0.3, -0.25) is 4.79 Å². The van der Waals surface area contributed by atoms with Crippen molar-refractivity contribution >= 4 is 18.3 Å². The highest BCUT2D eigenvalue weighted by atomic mass is 35.5. The summed E-state index contributed by atoms with van der Waals surface area (Å²) in [7, 11) is 0. The first-order valence-electron chi connectivity index (χ1n) is 6.88. The van der Waals surface area contributed by atoms with Crippen LogP contribution >= 0.6 is 12.4 Å². The van der Waals surface area contributed by atoms with Gasteiger partial charge in [0.2, 0.25) is 5.91 Å². The quantitative estimate of drug-likeness (QED) is 0.870. The number of halogens is 1. The van der Waals surface area contributed by atoms with Crippen LogP contribution in [0.15, 0.2) is 30.3 Å². The summed E-state index contributed by atoms with van der Waals surface area (Å²) < 4.78 is 0. The number of hydrogen-bond donors (Lipinski definition) is 2. The van der Waals surface area contributed by atoms with Crippen LogP contribution in [0.3, 0.4) is 0 Å². The molecule has 0 unspecified atom stereocenters. The molecule has 0 atom stereocenters. The van der Waals surface area contributed by atoms with Crippen molar-refractivity contribution in [3.8, 4) is 0 Å². The molecule has 0 aliphatic carbocycles. The Morgan fingerprint density at radius 1 is 1.21 bits per heavy atom. The topological polar surface area (TPSA) is 41.1 Å². The summed E-state index contributed by atoms with van der Waals surface area (Å²) in [4.78, 5) is 11.8. The number of carbonyl (C=O) groups is 1. The molecule has 4 heteroatoms. The van der Waals surface area contributed by atoms with Crippen LogP contribution in [0.25, 0.3) is 0 Å². The maximum Gasteiger partial charge on any atom is 0.220 e. The zero-order valence-corrected chi connectivity index (χ0v) is 12.0. The van der Waals surface area contributed by atoms with Crippen LogP contribution in [0.5, 0.6) is 0 Å². The Morgan fingerprint density at radius 3 is 2.58 bits per heavy atom. The van der Waals surface area contributed by atoms with Crippen molar-refractivity contribution in [2.75, 3.05) is 13.1 Å². The predicted molar refractivity (Wildman–Crippen MR) is 80.7 cm³/mol. The van der Waals surface area contributed by atoms with Gasteiger partial charge < -0.3 is 10.6 Å². The van der Waals surface area contributed by atoms with Gasteiger partial charge in [0.25, 0.3) is 0 Å². The van der Waals surface area contributed by atoms with Crippen LogP contribution < -0.4 is 10.6 Å². The summed E-state index contributed by atoms with van der Waals surface area (Å²) >= 11 is 0. The molecule has 0 spiro atoms. The van der Waals surface area contributed by atoms with Crippen molar-refractivity contribution in [1.29, 1.82) is 0 Å². The first kappa shape index (κ1) is 16.0. The van der Waals surface area contributed by atoms with Crippen molar-refractivity contribution in [1.82, 2.24) is 10.6 Å². The average molecular weight is 283 g/mol. The minimum absolute atomic E-state index is 0. The van der Waals surface area contributed by atoms with Crippen LogP contribution in [0, 0.1) is 0 Å². The fourth-order valence-electron chi connectivity index (χ4n) is 2.36. The third-order valence-corrected chi connectivity index (χ3v) is 3.42. The van der Waals surface area contributed by atoms with E-state index in [0.717, 1.165) is 38.8 Å². The molecule has 1 fully saturated rings. The highest BCUT2D eigenvalue weighted by Crippen LogP contribution is 2.06. The lowest BCUT2D eigenvalue weighted by atomic mass is 10.1. The van der Waals surface area contributed by atoms with Gasteiger partial charge in [-0.15, -0.1) is 12.4 Å². The Hall–Kier alpha value is -1.06. The van der Waals surface area contributed by atoms with Crippen LogP contribution in [-0.4, -0.2) is 25.0 Å². The third kappa shape index (κ3) is 6.08. The number of carbonyl (C=O) groups excluding carboxylic acids is 1. The fourth-order valence-corrected chi connectivity index (χ4v) is 2.36. The number of amides is 1. The van der Waals surface area contributed by atoms with Crippen LogP contribution in [-0.2, 0) is 11.2 Å². The highest BCUT2D eigenvalue weighted by Gasteiger charge is 2.14. The Kier molecular flexibility index (Phi) is 7.53. The second-order valence-corrected chi connectivity index (χ2v) is 4.93. The Balaban J connectivity index is 0.00000180. The molecule has 1 heterocycles. The summed E-state index contributed by atoms with van der Waals surface area (Å²) in [6.07, 6.45) is 4.68. The van der Waals surface area contributed by atoms with E-state index in [4.69, 9.17) is 0 Å². The van der Waals surface area contributed by atoms with Crippen molar-refractivity contribution in [2.24, 2.45) is 0 Å². The number of aryl methyl sites for hydroxylation is 1. The molecule has 3 nitrogen and oxygen atoms in total. The summed E-state index contributed by atoms with van der Waals surface area (Å²) in [6.45, 7) is 2.05. The van der Waals surface area contributed by atoms with Gasteiger partial charge in [0.05, 0.1) is 0 Å². The van der Waals surface area contributed by atoms with Crippen LogP contribution in [0.2, 0.25) is 0 Å². The lowest BCUT2D eigenvalue weighted by Crippen LogP contribution is -2.42. The maximum atomic E-state index is 11.8. The van der Waals surface area contributed by atoms with Gasteiger partial charge in [-0.25, -0.2) is 0 Å².